The number of hydrogen-bond donors (Lipinski definition) is 1. The lowest BCUT2D eigenvalue weighted by Gasteiger charge is -2.34. The van der Waals surface area contributed by atoms with E-state index in [2.05, 4.69) is 15.9 Å². The van der Waals surface area contributed by atoms with Crippen LogP contribution in [0.1, 0.15) is 19.8 Å². The van der Waals surface area contributed by atoms with Gasteiger partial charge in [-0.1, -0.05) is 6.92 Å². The van der Waals surface area contributed by atoms with Gasteiger partial charge in [-0.2, -0.15) is 4.31 Å². The molecule has 0 bridgehead atoms. The van der Waals surface area contributed by atoms with Crippen molar-refractivity contribution in [2.75, 3.05) is 6.54 Å². The molecule has 1 saturated heterocycles. The molecule has 1 aliphatic rings. The zero-order valence-corrected chi connectivity index (χ0v) is 13.5. The van der Waals surface area contributed by atoms with Crippen molar-refractivity contribution in [2.45, 2.75) is 30.0 Å². The molecular weight excluding hydrogens is 354 g/mol. The highest BCUT2D eigenvalue weighted by Crippen LogP contribution is 2.33. The number of halogens is 1. The number of sulfonamides is 1. The number of piperidine rings is 1. The topological polar surface area (TPSA) is 74.7 Å². The van der Waals surface area contributed by atoms with Crippen LogP contribution in [-0.4, -0.2) is 36.4 Å². The summed E-state index contributed by atoms with van der Waals surface area (Å²) in [5.74, 6) is -0.853. The van der Waals surface area contributed by atoms with Gasteiger partial charge in [-0.15, -0.1) is 11.3 Å². The third-order valence-corrected chi connectivity index (χ3v) is 7.21. The van der Waals surface area contributed by atoms with Gasteiger partial charge in [0, 0.05) is 6.54 Å². The second-order valence-electron chi connectivity index (χ2n) is 4.66. The van der Waals surface area contributed by atoms with Crippen molar-refractivity contribution in [3.05, 3.63) is 15.9 Å². The van der Waals surface area contributed by atoms with Gasteiger partial charge in [0.2, 0.25) is 0 Å². The summed E-state index contributed by atoms with van der Waals surface area (Å²) in [5.41, 5.74) is 0. The Morgan fingerprint density at radius 1 is 1.53 bits per heavy atom. The Kier molecular flexibility index (Phi) is 4.34. The molecule has 106 valence electrons. The van der Waals surface area contributed by atoms with E-state index >= 15 is 0 Å². The van der Waals surface area contributed by atoms with E-state index in [-0.39, 0.29) is 16.7 Å². The van der Waals surface area contributed by atoms with Gasteiger partial charge < -0.3 is 5.11 Å². The average molecular weight is 368 g/mol. The molecule has 0 spiro atoms. The summed E-state index contributed by atoms with van der Waals surface area (Å²) in [7, 11) is -3.72. The van der Waals surface area contributed by atoms with Crippen LogP contribution in [0, 0.1) is 5.92 Å². The van der Waals surface area contributed by atoms with Gasteiger partial charge in [0.25, 0.3) is 10.0 Å². The molecule has 0 amide bonds. The molecule has 0 aromatic carbocycles. The third kappa shape index (κ3) is 3.01. The molecule has 1 N–H and O–H groups in total. The molecule has 2 heterocycles. The predicted molar refractivity (Wildman–Crippen MR) is 75.7 cm³/mol. The summed E-state index contributed by atoms with van der Waals surface area (Å²) in [6, 6.07) is 2.19. The van der Waals surface area contributed by atoms with Crippen LogP contribution >= 0.6 is 27.3 Å². The second-order valence-corrected chi connectivity index (χ2v) is 9.24. The van der Waals surface area contributed by atoms with Crippen LogP contribution in [-0.2, 0) is 14.8 Å². The maximum atomic E-state index is 12.5. The molecule has 2 atom stereocenters. The van der Waals surface area contributed by atoms with Gasteiger partial charge in [-0.05, 0) is 46.8 Å². The van der Waals surface area contributed by atoms with Gasteiger partial charge in [0.05, 0.1) is 3.79 Å². The zero-order chi connectivity index (χ0) is 14.2. The number of aliphatic carboxylic acids is 1. The number of thiophene rings is 1. The molecule has 1 aliphatic heterocycles. The van der Waals surface area contributed by atoms with Crippen LogP contribution in [0.2, 0.25) is 0 Å². The Morgan fingerprint density at radius 2 is 2.21 bits per heavy atom. The molecule has 2 rings (SSSR count). The average Bonchev–Trinajstić information content (AvgIpc) is 2.76. The smallest absolute Gasteiger partial charge is 0.322 e. The third-order valence-electron chi connectivity index (χ3n) is 3.21. The Labute approximate surface area is 124 Å². The number of rotatable bonds is 3. The highest BCUT2D eigenvalue weighted by Gasteiger charge is 2.40. The summed E-state index contributed by atoms with van der Waals surface area (Å²) < 4.78 is 27.0. The van der Waals surface area contributed by atoms with E-state index in [1.807, 2.05) is 6.92 Å². The normalized spacial score (nSPS) is 25.4. The quantitative estimate of drug-likeness (QED) is 0.889. The number of carbonyl (C=O) groups is 1. The molecule has 8 heteroatoms. The van der Waals surface area contributed by atoms with E-state index in [4.69, 9.17) is 0 Å². The molecule has 1 aromatic rings. The zero-order valence-electron chi connectivity index (χ0n) is 10.2. The van der Waals surface area contributed by atoms with Crippen LogP contribution in [0.5, 0.6) is 0 Å². The Balaban J connectivity index is 2.35. The lowest BCUT2D eigenvalue weighted by molar-refractivity contribution is -0.142. The van der Waals surface area contributed by atoms with E-state index in [1.54, 1.807) is 6.07 Å². The van der Waals surface area contributed by atoms with Crippen molar-refractivity contribution in [1.82, 2.24) is 4.31 Å². The first kappa shape index (κ1) is 15.0. The highest BCUT2D eigenvalue weighted by atomic mass is 79.9. The molecule has 19 heavy (non-hydrogen) atoms. The van der Waals surface area contributed by atoms with Gasteiger partial charge >= 0.3 is 5.97 Å². The Hall–Kier alpha value is -0.440. The lowest BCUT2D eigenvalue weighted by Crippen LogP contribution is -2.49. The van der Waals surface area contributed by atoms with Gasteiger partial charge in [0.15, 0.2) is 0 Å². The number of carboxylic acid groups (broad SMARTS) is 1. The molecule has 0 aliphatic carbocycles. The van der Waals surface area contributed by atoms with Gasteiger partial charge in [0.1, 0.15) is 10.3 Å². The van der Waals surface area contributed by atoms with Crippen LogP contribution in [0.3, 0.4) is 0 Å². The maximum absolute atomic E-state index is 12.5. The van der Waals surface area contributed by atoms with Gasteiger partial charge in [-0.3, -0.25) is 4.79 Å². The van der Waals surface area contributed by atoms with E-state index in [1.165, 1.54) is 6.07 Å². The highest BCUT2D eigenvalue weighted by molar-refractivity contribution is 9.11. The van der Waals surface area contributed by atoms with Crippen LogP contribution < -0.4 is 0 Å². The summed E-state index contributed by atoms with van der Waals surface area (Å²) in [5, 5.41) is 9.23. The summed E-state index contributed by atoms with van der Waals surface area (Å²) in [4.78, 5) is 11.3. The largest absolute Gasteiger partial charge is 0.480 e. The molecule has 2 unspecified atom stereocenters. The molecule has 1 fully saturated rings. The van der Waals surface area contributed by atoms with Crippen molar-refractivity contribution in [3.8, 4) is 0 Å². The van der Waals surface area contributed by atoms with Crippen LogP contribution in [0.25, 0.3) is 0 Å². The second kappa shape index (κ2) is 5.51. The van der Waals surface area contributed by atoms with E-state index in [9.17, 15) is 18.3 Å². The molecule has 5 nitrogen and oxygen atoms in total. The predicted octanol–water partition coefficient (Wildman–Crippen LogP) is 2.38. The molecular formula is C11H14BrNO4S2. The standard InChI is InChI=1S/C11H14BrNO4S2/c1-7-4-5-13(8(6-7)11(14)15)19(16,17)10-3-2-9(12)18-10/h2-3,7-8H,4-6H2,1H3,(H,14,15). The summed E-state index contributed by atoms with van der Waals surface area (Å²) in [6.45, 7) is 2.21. The molecule has 0 radical (unpaired) electrons. The van der Waals surface area contributed by atoms with Crippen molar-refractivity contribution in [1.29, 1.82) is 0 Å². The maximum Gasteiger partial charge on any atom is 0.322 e. The lowest BCUT2D eigenvalue weighted by atomic mass is 9.94. The van der Waals surface area contributed by atoms with Crippen LogP contribution in [0.15, 0.2) is 20.1 Å². The van der Waals surface area contributed by atoms with Crippen LogP contribution in [0.4, 0.5) is 0 Å². The van der Waals surface area contributed by atoms with Crippen molar-refractivity contribution >= 4 is 43.3 Å². The summed E-state index contributed by atoms with van der Waals surface area (Å²) >= 11 is 4.32. The SMILES string of the molecule is CC1CCN(S(=O)(=O)c2ccc(Br)s2)C(C(=O)O)C1. The van der Waals surface area contributed by atoms with Crippen molar-refractivity contribution < 1.29 is 18.3 Å². The first-order valence-electron chi connectivity index (χ1n) is 5.82. The number of nitrogens with zero attached hydrogens (tertiary/aromatic N) is 1. The fraction of sp³-hybridized carbons (Fsp3) is 0.545. The first-order valence-corrected chi connectivity index (χ1v) is 8.87. The fourth-order valence-electron chi connectivity index (χ4n) is 2.18. The molecule has 1 aromatic heterocycles. The monoisotopic (exact) mass is 367 g/mol. The Morgan fingerprint density at radius 3 is 2.74 bits per heavy atom. The Bertz CT molecular complexity index is 583. The van der Waals surface area contributed by atoms with E-state index in [0.717, 1.165) is 15.6 Å². The molecule has 0 saturated carbocycles. The van der Waals surface area contributed by atoms with E-state index < -0.39 is 22.0 Å². The number of carboxylic acids is 1. The minimum absolute atomic E-state index is 0.181. The first-order chi connectivity index (χ1) is 8.82. The minimum Gasteiger partial charge on any atom is -0.480 e. The van der Waals surface area contributed by atoms with Gasteiger partial charge in [-0.25, -0.2) is 8.42 Å². The van der Waals surface area contributed by atoms with Crippen molar-refractivity contribution in [3.63, 3.8) is 0 Å². The minimum atomic E-state index is -3.72. The summed E-state index contributed by atoms with van der Waals surface area (Å²) in [6.07, 6.45) is 1.05. The van der Waals surface area contributed by atoms with Crippen molar-refractivity contribution in [2.24, 2.45) is 5.92 Å². The number of hydrogen-bond acceptors (Lipinski definition) is 4. The fourth-order valence-corrected chi connectivity index (χ4v) is 5.93. The van der Waals surface area contributed by atoms with E-state index in [0.29, 0.717) is 16.6 Å².